The molecule has 0 aliphatic rings. The normalized spacial score (nSPS) is 12.9. The third-order valence-electron chi connectivity index (χ3n) is 8.37. The van der Waals surface area contributed by atoms with Crippen LogP contribution < -0.4 is 0 Å². The van der Waals surface area contributed by atoms with Gasteiger partial charge in [-0.1, -0.05) is 174 Å². The van der Waals surface area contributed by atoms with Crippen molar-refractivity contribution in [3.8, 4) is 0 Å². The molecule has 0 rings (SSSR count). The molecule has 0 heterocycles. The summed E-state index contributed by atoms with van der Waals surface area (Å²) >= 11 is 0. The molecule has 1 atom stereocenters. The summed E-state index contributed by atoms with van der Waals surface area (Å²) in [6.07, 6.45) is 35.3. The fraction of sp³-hybridized carbons (Fsp3) is 1.00. The van der Waals surface area contributed by atoms with Gasteiger partial charge >= 0.3 is 0 Å². The number of unbranched alkanes of at least 4 members (excludes halogenated alkanes) is 23. The largest absolute Gasteiger partial charge is 0.393 e. The average Bonchev–Trinajstić information content (AvgIpc) is 2.90. The Balaban J connectivity index is 3.80. The summed E-state index contributed by atoms with van der Waals surface area (Å²) in [7, 11) is 0. The maximum atomic E-state index is 10.8. The van der Waals surface area contributed by atoms with Gasteiger partial charge in [0, 0.05) is 0 Å². The van der Waals surface area contributed by atoms with Crippen molar-refractivity contribution >= 4 is 0 Å². The van der Waals surface area contributed by atoms with Crippen LogP contribution in [0.1, 0.15) is 187 Å². The Kier molecular flexibility index (Phi) is 27.8. The van der Waals surface area contributed by atoms with Crippen molar-refractivity contribution in [2.45, 2.75) is 193 Å². The summed E-state index contributed by atoms with van der Waals surface area (Å²) in [5.74, 6) is 0.0170. The lowest BCUT2D eigenvalue weighted by Crippen LogP contribution is -2.45. The van der Waals surface area contributed by atoms with E-state index in [1.165, 1.54) is 148 Å². The van der Waals surface area contributed by atoms with Crippen molar-refractivity contribution in [3.05, 3.63) is 0 Å². The minimum absolute atomic E-state index is 0.0170. The first-order chi connectivity index (χ1) is 17.6. The predicted molar refractivity (Wildman–Crippen MR) is 159 cm³/mol. The van der Waals surface area contributed by atoms with Gasteiger partial charge in [-0.15, -0.1) is 0 Å². The van der Waals surface area contributed by atoms with E-state index in [4.69, 9.17) is 0 Å². The van der Waals surface area contributed by atoms with Crippen molar-refractivity contribution in [2.75, 3.05) is 13.2 Å². The highest BCUT2D eigenvalue weighted by atomic mass is 16.4. The molecular formula is C33H68O3. The smallest absolute Gasteiger partial charge is 0.113 e. The molecule has 36 heavy (non-hydrogen) atoms. The molecule has 0 aromatic heterocycles. The number of hydrogen-bond donors (Lipinski definition) is 3. The second kappa shape index (κ2) is 27.9. The SMILES string of the molecule is CCCCCCCCCCCCCCCCC(CCCCCCCCCCCCC)C(O)(CO)CO. The van der Waals surface area contributed by atoms with E-state index in [1.807, 2.05) is 0 Å². The first kappa shape index (κ1) is 35.9. The minimum Gasteiger partial charge on any atom is -0.393 e. The lowest BCUT2D eigenvalue weighted by atomic mass is 9.80. The minimum atomic E-state index is -1.31. The highest BCUT2D eigenvalue weighted by Crippen LogP contribution is 2.29. The molecule has 0 amide bonds. The molecule has 0 spiro atoms. The van der Waals surface area contributed by atoms with E-state index in [0.29, 0.717) is 0 Å². The summed E-state index contributed by atoms with van der Waals surface area (Å²) in [6.45, 7) is 3.89. The second-order valence-electron chi connectivity index (χ2n) is 11.8. The fourth-order valence-electron chi connectivity index (χ4n) is 5.63. The summed E-state index contributed by atoms with van der Waals surface area (Å²) in [6, 6.07) is 0. The highest BCUT2D eigenvalue weighted by molar-refractivity contribution is 4.85. The zero-order chi connectivity index (χ0) is 26.6. The van der Waals surface area contributed by atoms with Gasteiger partial charge in [0.15, 0.2) is 0 Å². The monoisotopic (exact) mass is 513 g/mol. The van der Waals surface area contributed by atoms with E-state index in [2.05, 4.69) is 13.8 Å². The quantitative estimate of drug-likeness (QED) is 0.0839. The molecule has 0 aromatic rings. The van der Waals surface area contributed by atoms with Gasteiger partial charge in [0.2, 0.25) is 0 Å². The Morgan fingerprint density at radius 1 is 0.389 bits per heavy atom. The van der Waals surface area contributed by atoms with Crippen molar-refractivity contribution < 1.29 is 15.3 Å². The number of rotatable bonds is 30. The van der Waals surface area contributed by atoms with Crippen LogP contribution in [0.5, 0.6) is 0 Å². The number of aliphatic hydroxyl groups is 3. The molecule has 0 saturated heterocycles. The van der Waals surface area contributed by atoms with Gasteiger partial charge in [-0.25, -0.2) is 0 Å². The fourth-order valence-corrected chi connectivity index (χ4v) is 5.63. The van der Waals surface area contributed by atoms with Crippen LogP contribution in [0, 0.1) is 5.92 Å². The molecule has 0 bridgehead atoms. The molecule has 0 radical (unpaired) electrons. The van der Waals surface area contributed by atoms with Crippen molar-refractivity contribution in [3.63, 3.8) is 0 Å². The first-order valence-corrected chi connectivity index (χ1v) is 16.6. The van der Waals surface area contributed by atoms with Crippen LogP contribution in [0.3, 0.4) is 0 Å². The van der Waals surface area contributed by atoms with E-state index >= 15 is 0 Å². The van der Waals surface area contributed by atoms with Crippen molar-refractivity contribution in [2.24, 2.45) is 5.92 Å². The Labute approximate surface area is 227 Å². The molecule has 0 fully saturated rings. The van der Waals surface area contributed by atoms with Crippen LogP contribution in [-0.4, -0.2) is 34.1 Å². The van der Waals surface area contributed by atoms with Crippen LogP contribution in [0.4, 0.5) is 0 Å². The molecule has 0 aromatic carbocycles. The molecule has 3 N–H and O–H groups in total. The maximum absolute atomic E-state index is 10.8. The van der Waals surface area contributed by atoms with Crippen molar-refractivity contribution in [1.82, 2.24) is 0 Å². The van der Waals surface area contributed by atoms with E-state index in [1.54, 1.807) is 0 Å². The van der Waals surface area contributed by atoms with Crippen molar-refractivity contribution in [1.29, 1.82) is 0 Å². The van der Waals surface area contributed by atoms with E-state index in [-0.39, 0.29) is 19.1 Å². The highest BCUT2D eigenvalue weighted by Gasteiger charge is 2.34. The molecular weight excluding hydrogens is 444 g/mol. The number of aliphatic hydroxyl groups excluding tert-OH is 2. The summed E-state index contributed by atoms with van der Waals surface area (Å²) in [4.78, 5) is 0. The molecule has 0 saturated carbocycles. The topological polar surface area (TPSA) is 60.7 Å². The van der Waals surface area contributed by atoms with Crippen LogP contribution >= 0.6 is 0 Å². The van der Waals surface area contributed by atoms with Crippen LogP contribution in [0.25, 0.3) is 0 Å². The Morgan fingerprint density at radius 2 is 0.611 bits per heavy atom. The lowest BCUT2D eigenvalue weighted by Gasteiger charge is -2.33. The summed E-state index contributed by atoms with van der Waals surface area (Å²) < 4.78 is 0. The van der Waals surface area contributed by atoms with E-state index in [9.17, 15) is 15.3 Å². The Hall–Kier alpha value is -0.120. The van der Waals surface area contributed by atoms with Gasteiger partial charge in [0.05, 0.1) is 13.2 Å². The van der Waals surface area contributed by atoms with Gasteiger partial charge in [0.25, 0.3) is 0 Å². The number of hydrogen-bond acceptors (Lipinski definition) is 3. The molecule has 218 valence electrons. The third-order valence-corrected chi connectivity index (χ3v) is 8.37. The Bertz CT molecular complexity index is 408. The Morgan fingerprint density at radius 3 is 0.833 bits per heavy atom. The lowest BCUT2D eigenvalue weighted by molar-refractivity contribution is -0.101. The second-order valence-corrected chi connectivity index (χ2v) is 11.8. The first-order valence-electron chi connectivity index (χ1n) is 16.6. The standard InChI is InChI=1S/C33H68O3/c1-3-5-7-9-11-13-15-16-17-19-21-23-25-27-29-32(33(36,30-34)31-35)28-26-24-22-20-18-14-12-10-8-6-4-2/h32,34-36H,3-31H2,1-2H3. The zero-order valence-electron chi connectivity index (χ0n) is 24.9. The molecule has 0 aliphatic heterocycles. The molecule has 1 unspecified atom stereocenters. The van der Waals surface area contributed by atoms with Gasteiger partial charge in [-0.3, -0.25) is 0 Å². The van der Waals surface area contributed by atoms with Gasteiger partial charge in [-0.05, 0) is 18.8 Å². The van der Waals surface area contributed by atoms with Gasteiger partial charge < -0.3 is 15.3 Å². The maximum Gasteiger partial charge on any atom is 0.113 e. The van der Waals surface area contributed by atoms with Crippen LogP contribution in [-0.2, 0) is 0 Å². The third kappa shape index (κ3) is 21.9. The van der Waals surface area contributed by atoms with E-state index in [0.717, 1.165) is 25.7 Å². The molecule has 0 aliphatic carbocycles. The van der Waals surface area contributed by atoms with Gasteiger partial charge in [0.1, 0.15) is 5.60 Å². The molecule has 3 heteroatoms. The summed E-state index contributed by atoms with van der Waals surface area (Å²) in [5.41, 5.74) is -1.31. The van der Waals surface area contributed by atoms with Gasteiger partial charge in [-0.2, -0.15) is 0 Å². The van der Waals surface area contributed by atoms with Crippen LogP contribution in [0.15, 0.2) is 0 Å². The molecule has 3 nitrogen and oxygen atoms in total. The predicted octanol–water partition coefficient (Wildman–Crippen LogP) is 9.89. The average molecular weight is 513 g/mol. The van der Waals surface area contributed by atoms with E-state index < -0.39 is 5.60 Å². The van der Waals surface area contributed by atoms with Crippen LogP contribution in [0.2, 0.25) is 0 Å². The summed E-state index contributed by atoms with van der Waals surface area (Å²) in [5, 5.41) is 30.2. The zero-order valence-corrected chi connectivity index (χ0v) is 24.9.